The number of hydrogen-bond acceptors (Lipinski definition) is 4. The molecule has 0 N–H and O–H groups in total. The van der Waals surface area contributed by atoms with Gasteiger partial charge in [0.2, 0.25) is 10.0 Å². The fourth-order valence-electron chi connectivity index (χ4n) is 3.37. The van der Waals surface area contributed by atoms with Gasteiger partial charge < -0.3 is 0 Å². The Labute approximate surface area is 139 Å². The topological polar surface area (TPSA) is 40.6 Å². The smallest absolute Gasteiger partial charge is 0.244 e. The highest BCUT2D eigenvalue weighted by Gasteiger charge is 2.34. The third kappa shape index (κ3) is 3.22. The molecule has 4 nitrogen and oxygen atoms in total. The highest BCUT2D eigenvalue weighted by atomic mass is 79.9. The molecule has 3 rings (SSSR count). The largest absolute Gasteiger partial charge is 0.299 e. The molecular weight excluding hydrogens is 372 g/mol. The fraction of sp³-hybridized carbons (Fsp3) is 0.714. The van der Waals surface area contributed by atoms with Crippen LogP contribution in [0.3, 0.4) is 0 Å². The molecule has 1 unspecified atom stereocenters. The number of rotatable bonds is 3. The second kappa shape index (κ2) is 6.28. The van der Waals surface area contributed by atoms with Crippen molar-refractivity contribution in [3.05, 3.63) is 14.7 Å². The van der Waals surface area contributed by atoms with Crippen molar-refractivity contribution in [1.82, 2.24) is 9.21 Å². The molecule has 2 aliphatic heterocycles. The Hall–Kier alpha value is 0.0500. The highest BCUT2D eigenvalue weighted by Crippen LogP contribution is 2.33. The second-order valence-corrected chi connectivity index (χ2v) is 10.4. The van der Waals surface area contributed by atoms with Crippen LogP contribution in [-0.4, -0.2) is 49.8 Å². The van der Waals surface area contributed by atoms with Crippen LogP contribution in [0, 0.1) is 6.92 Å². The quantitative estimate of drug-likeness (QED) is 0.793. The van der Waals surface area contributed by atoms with Gasteiger partial charge in [-0.3, -0.25) is 4.90 Å². The zero-order valence-corrected chi connectivity index (χ0v) is 15.4. The number of thiophene rings is 1. The average Bonchev–Trinajstić information content (AvgIpc) is 3.09. The molecule has 0 aliphatic carbocycles. The molecule has 1 aromatic heterocycles. The predicted molar refractivity (Wildman–Crippen MR) is 89.3 cm³/mol. The molecule has 7 heteroatoms. The fourth-order valence-corrected chi connectivity index (χ4v) is 7.27. The molecule has 3 heterocycles. The highest BCUT2D eigenvalue weighted by molar-refractivity contribution is 9.11. The maximum Gasteiger partial charge on any atom is 0.244 e. The minimum atomic E-state index is -3.35. The zero-order valence-electron chi connectivity index (χ0n) is 12.2. The van der Waals surface area contributed by atoms with Gasteiger partial charge in [0.1, 0.15) is 0 Å². The van der Waals surface area contributed by atoms with E-state index in [4.69, 9.17) is 0 Å². The number of sulfonamides is 1. The maximum absolute atomic E-state index is 12.9. The van der Waals surface area contributed by atoms with E-state index in [1.807, 2.05) is 6.92 Å². The van der Waals surface area contributed by atoms with Crippen LogP contribution >= 0.6 is 27.3 Å². The summed E-state index contributed by atoms with van der Waals surface area (Å²) in [6.45, 7) is 5.43. The first-order valence-corrected chi connectivity index (χ1v) is 10.5. The van der Waals surface area contributed by atoms with E-state index in [1.54, 1.807) is 10.4 Å². The van der Waals surface area contributed by atoms with Crippen molar-refractivity contribution in [1.29, 1.82) is 0 Å². The van der Waals surface area contributed by atoms with Crippen LogP contribution in [0.2, 0.25) is 0 Å². The van der Waals surface area contributed by atoms with E-state index >= 15 is 0 Å². The van der Waals surface area contributed by atoms with Gasteiger partial charge >= 0.3 is 0 Å². The SMILES string of the molecule is Cc1sc(Br)cc1S(=O)(=O)N1CCCC(N2CCCC2)C1. The van der Waals surface area contributed by atoms with Gasteiger partial charge in [-0.25, -0.2) is 8.42 Å². The Morgan fingerprint density at radius 1 is 1.24 bits per heavy atom. The molecule has 0 bridgehead atoms. The molecule has 0 saturated carbocycles. The zero-order chi connectivity index (χ0) is 15.0. The average molecular weight is 393 g/mol. The third-order valence-electron chi connectivity index (χ3n) is 4.48. The second-order valence-electron chi connectivity index (χ2n) is 5.87. The van der Waals surface area contributed by atoms with E-state index in [2.05, 4.69) is 20.8 Å². The van der Waals surface area contributed by atoms with Crippen LogP contribution in [0.25, 0.3) is 0 Å². The molecule has 2 aliphatic rings. The summed E-state index contributed by atoms with van der Waals surface area (Å²) in [6, 6.07) is 2.15. The summed E-state index contributed by atoms with van der Waals surface area (Å²) in [5, 5.41) is 0. The molecule has 0 spiro atoms. The first-order chi connectivity index (χ1) is 9.98. The number of nitrogens with zero attached hydrogens (tertiary/aromatic N) is 2. The normalized spacial score (nSPS) is 25.5. The van der Waals surface area contributed by atoms with Crippen LogP contribution < -0.4 is 0 Å². The van der Waals surface area contributed by atoms with Gasteiger partial charge in [0.15, 0.2) is 0 Å². The molecule has 0 radical (unpaired) electrons. The molecular formula is C14H21BrN2O2S2. The number of hydrogen-bond donors (Lipinski definition) is 0. The van der Waals surface area contributed by atoms with Crippen LogP contribution in [0.4, 0.5) is 0 Å². The van der Waals surface area contributed by atoms with Gasteiger partial charge in [-0.2, -0.15) is 4.31 Å². The lowest BCUT2D eigenvalue weighted by Crippen LogP contribution is -2.48. The molecule has 2 fully saturated rings. The minimum absolute atomic E-state index is 0.401. The first-order valence-electron chi connectivity index (χ1n) is 7.48. The molecule has 118 valence electrons. The van der Waals surface area contributed by atoms with E-state index in [-0.39, 0.29) is 0 Å². The number of halogens is 1. The van der Waals surface area contributed by atoms with Crippen molar-refractivity contribution in [2.75, 3.05) is 26.2 Å². The Bertz CT molecular complexity index is 608. The van der Waals surface area contributed by atoms with Gasteiger partial charge in [-0.15, -0.1) is 11.3 Å². The third-order valence-corrected chi connectivity index (χ3v) is 8.15. The van der Waals surface area contributed by atoms with Crippen LogP contribution in [0.15, 0.2) is 14.7 Å². The Morgan fingerprint density at radius 3 is 2.57 bits per heavy atom. The van der Waals surface area contributed by atoms with Crippen molar-refractivity contribution >= 4 is 37.3 Å². The van der Waals surface area contributed by atoms with Crippen LogP contribution in [-0.2, 0) is 10.0 Å². The maximum atomic E-state index is 12.9. The molecule has 1 atom stereocenters. The van der Waals surface area contributed by atoms with Crippen LogP contribution in [0.5, 0.6) is 0 Å². The van der Waals surface area contributed by atoms with E-state index in [0.29, 0.717) is 24.0 Å². The van der Waals surface area contributed by atoms with E-state index in [9.17, 15) is 8.42 Å². The molecule has 21 heavy (non-hydrogen) atoms. The van der Waals surface area contributed by atoms with Gasteiger partial charge in [0.25, 0.3) is 0 Å². The van der Waals surface area contributed by atoms with Gasteiger partial charge in [-0.1, -0.05) is 0 Å². The van der Waals surface area contributed by atoms with Crippen molar-refractivity contribution in [3.8, 4) is 0 Å². The van der Waals surface area contributed by atoms with Crippen molar-refractivity contribution < 1.29 is 8.42 Å². The summed E-state index contributed by atoms with van der Waals surface area (Å²) in [5.74, 6) is 0. The Balaban J connectivity index is 1.80. The number of aryl methyl sites for hydroxylation is 1. The van der Waals surface area contributed by atoms with Gasteiger partial charge in [0.05, 0.1) is 8.68 Å². The summed E-state index contributed by atoms with van der Waals surface area (Å²) in [6.07, 6.45) is 4.59. The van der Waals surface area contributed by atoms with Crippen molar-refractivity contribution in [2.24, 2.45) is 0 Å². The predicted octanol–water partition coefficient (Wildman–Crippen LogP) is 3.07. The number of likely N-dealkylation sites (tertiary alicyclic amines) is 1. The summed E-state index contributed by atoms with van der Waals surface area (Å²) in [4.78, 5) is 3.81. The number of piperidine rings is 1. The Kier molecular flexibility index (Phi) is 4.76. The van der Waals surface area contributed by atoms with Crippen molar-refractivity contribution in [2.45, 2.75) is 43.5 Å². The standard InChI is InChI=1S/C14H21BrN2O2S2/c1-11-13(9-14(15)20-11)21(18,19)17-8-4-5-12(10-17)16-6-2-3-7-16/h9,12H,2-8,10H2,1H3. The van der Waals surface area contributed by atoms with Crippen LogP contribution in [0.1, 0.15) is 30.6 Å². The molecule has 0 amide bonds. The summed E-state index contributed by atoms with van der Waals surface area (Å²) in [5.41, 5.74) is 0. The van der Waals surface area contributed by atoms with Crippen molar-refractivity contribution in [3.63, 3.8) is 0 Å². The Morgan fingerprint density at radius 2 is 1.95 bits per heavy atom. The van der Waals surface area contributed by atoms with Gasteiger partial charge in [0, 0.05) is 24.0 Å². The molecule has 2 saturated heterocycles. The first kappa shape index (κ1) is 15.9. The minimum Gasteiger partial charge on any atom is -0.299 e. The lowest BCUT2D eigenvalue weighted by molar-refractivity contribution is 0.162. The lowest BCUT2D eigenvalue weighted by Gasteiger charge is -2.36. The van der Waals surface area contributed by atoms with E-state index in [1.165, 1.54) is 24.2 Å². The monoisotopic (exact) mass is 392 g/mol. The summed E-state index contributed by atoms with van der Waals surface area (Å²) >= 11 is 4.88. The van der Waals surface area contributed by atoms with Gasteiger partial charge in [-0.05, 0) is 67.7 Å². The molecule has 0 aromatic carbocycles. The van der Waals surface area contributed by atoms with E-state index in [0.717, 1.165) is 34.6 Å². The summed E-state index contributed by atoms with van der Waals surface area (Å²) < 4.78 is 28.3. The lowest BCUT2D eigenvalue weighted by atomic mass is 10.1. The summed E-state index contributed by atoms with van der Waals surface area (Å²) in [7, 11) is -3.35. The van der Waals surface area contributed by atoms with E-state index < -0.39 is 10.0 Å². The molecule has 1 aromatic rings.